The van der Waals surface area contributed by atoms with Gasteiger partial charge in [0.25, 0.3) is 0 Å². The highest BCUT2D eigenvalue weighted by atomic mass is 16.1. The number of hydrogen-bond donors (Lipinski definition) is 0. The van der Waals surface area contributed by atoms with Crippen LogP contribution in [-0.4, -0.2) is 14.1 Å². The van der Waals surface area contributed by atoms with Crippen LogP contribution in [0.1, 0.15) is 10.4 Å². The van der Waals surface area contributed by atoms with Crippen molar-refractivity contribution in [3.63, 3.8) is 0 Å². The largest absolute Gasteiger partial charge is 0.298 e. The lowest BCUT2D eigenvalue weighted by molar-refractivity contribution is 0.112. The van der Waals surface area contributed by atoms with Crippen molar-refractivity contribution < 1.29 is 4.79 Å². The van der Waals surface area contributed by atoms with Crippen LogP contribution in [0.3, 0.4) is 0 Å². The molecule has 0 aliphatic heterocycles. The summed E-state index contributed by atoms with van der Waals surface area (Å²) in [6, 6.07) is 23.7. The highest BCUT2D eigenvalue weighted by Gasteiger charge is 2.03. The van der Waals surface area contributed by atoms with Gasteiger partial charge in [0.2, 0.25) is 0 Å². The first-order chi connectivity index (χ1) is 10.3. The van der Waals surface area contributed by atoms with Crippen molar-refractivity contribution in [1.29, 1.82) is 0 Å². The van der Waals surface area contributed by atoms with Crippen LogP contribution in [0.2, 0.25) is 0 Å². The Morgan fingerprint density at radius 2 is 1.24 bits per heavy atom. The Morgan fingerprint density at radius 1 is 0.667 bits per heavy atom. The minimum atomic E-state index is 0.672. The van der Waals surface area contributed by atoms with Gasteiger partial charge >= 0.3 is 0 Å². The molecular formula is C19H13BO. The van der Waals surface area contributed by atoms with Crippen molar-refractivity contribution >= 4 is 19.6 Å². The van der Waals surface area contributed by atoms with Crippen LogP contribution in [0.15, 0.2) is 72.8 Å². The molecule has 3 rings (SSSR count). The molecule has 3 aromatic carbocycles. The van der Waals surface area contributed by atoms with E-state index in [2.05, 4.69) is 18.2 Å². The summed E-state index contributed by atoms with van der Waals surface area (Å²) >= 11 is 0. The molecule has 3 aromatic rings. The van der Waals surface area contributed by atoms with Crippen LogP contribution in [0.5, 0.6) is 0 Å². The van der Waals surface area contributed by atoms with Gasteiger partial charge in [0.1, 0.15) is 14.1 Å². The molecule has 2 radical (unpaired) electrons. The lowest BCUT2D eigenvalue weighted by Crippen LogP contribution is -2.02. The summed E-state index contributed by atoms with van der Waals surface area (Å²) in [6.07, 6.45) is 0.846. The Kier molecular flexibility index (Phi) is 3.70. The molecule has 0 saturated heterocycles. The number of carbonyl (C=O) groups is 1. The summed E-state index contributed by atoms with van der Waals surface area (Å²) in [5.74, 6) is 0. The maximum absolute atomic E-state index is 10.7. The summed E-state index contributed by atoms with van der Waals surface area (Å²) in [5.41, 5.74) is 5.72. The van der Waals surface area contributed by atoms with Gasteiger partial charge in [0, 0.05) is 5.56 Å². The topological polar surface area (TPSA) is 17.1 Å². The molecule has 0 unspecified atom stereocenters. The van der Waals surface area contributed by atoms with Gasteiger partial charge in [0.15, 0.2) is 0 Å². The molecule has 0 fully saturated rings. The van der Waals surface area contributed by atoms with Crippen molar-refractivity contribution in [2.24, 2.45) is 0 Å². The molecule has 0 bridgehead atoms. The molecule has 0 amide bonds. The SMILES string of the molecule is [B]c1cc(-c2ccccc2)cc(-c2ccc(C=O)cc2)c1. The number of carbonyl (C=O) groups excluding carboxylic acids is 1. The highest BCUT2D eigenvalue weighted by molar-refractivity contribution is 6.33. The molecule has 0 spiro atoms. The first-order valence-corrected chi connectivity index (χ1v) is 6.78. The lowest BCUT2D eigenvalue weighted by Gasteiger charge is -2.09. The van der Waals surface area contributed by atoms with E-state index < -0.39 is 0 Å². The van der Waals surface area contributed by atoms with Crippen LogP contribution in [0.25, 0.3) is 22.3 Å². The molecule has 2 heteroatoms. The second-order valence-corrected chi connectivity index (χ2v) is 4.95. The third kappa shape index (κ3) is 2.95. The van der Waals surface area contributed by atoms with E-state index in [1.807, 2.05) is 54.6 Å². The molecule has 0 aliphatic rings. The van der Waals surface area contributed by atoms with Crippen LogP contribution in [0.4, 0.5) is 0 Å². The maximum atomic E-state index is 10.7. The second kappa shape index (κ2) is 5.80. The van der Waals surface area contributed by atoms with E-state index in [0.29, 0.717) is 5.56 Å². The normalized spacial score (nSPS) is 10.3. The third-order valence-electron chi connectivity index (χ3n) is 3.44. The smallest absolute Gasteiger partial charge is 0.150 e. The van der Waals surface area contributed by atoms with Gasteiger partial charge in [-0.15, -0.1) is 0 Å². The summed E-state index contributed by atoms with van der Waals surface area (Å²) in [6.45, 7) is 0. The van der Waals surface area contributed by atoms with E-state index in [1.165, 1.54) is 0 Å². The Hall–Kier alpha value is -2.61. The van der Waals surface area contributed by atoms with Gasteiger partial charge in [-0.3, -0.25) is 4.79 Å². The standard InChI is InChI=1S/C19H13BO/c20-19-11-17(15-4-2-1-3-5-15)10-18(12-19)16-8-6-14(13-21)7-9-16/h1-13H. The van der Waals surface area contributed by atoms with Crippen molar-refractivity contribution in [3.8, 4) is 22.3 Å². The fourth-order valence-electron chi connectivity index (χ4n) is 2.37. The second-order valence-electron chi connectivity index (χ2n) is 4.95. The highest BCUT2D eigenvalue weighted by Crippen LogP contribution is 2.25. The van der Waals surface area contributed by atoms with Crippen LogP contribution < -0.4 is 5.46 Å². The average Bonchev–Trinajstić information content (AvgIpc) is 2.55. The number of hydrogen-bond acceptors (Lipinski definition) is 1. The number of benzene rings is 3. The zero-order chi connectivity index (χ0) is 14.7. The zero-order valence-electron chi connectivity index (χ0n) is 11.5. The number of rotatable bonds is 3. The molecule has 1 nitrogen and oxygen atoms in total. The fourth-order valence-corrected chi connectivity index (χ4v) is 2.37. The fraction of sp³-hybridized carbons (Fsp3) is 0. The van der Waals surface area contributed by atoms with Gasteiger partial charge in [-0.2, -0.15) is 0 Å². The molecule has 98 valence electrons. The van der Waals surface area contributed by atoms with Crippen molar-refractivity contribution in [2.45, 2.75) is 0 Å². The van der Waals surface area contributed by atoms with Gasteiger partial charge in [-0.1, -0.05) is 72.2 Å². The zero-order valence-corrected chi connectivity index (χ0v) is 11.5. The quantitative estimate of drug-likeness (QED) is 0.523. The minimum absolute atomic E-state index is 0.672. The Balaban J connectivity index is 2.07. The summed E-state index contributed by atoms with van der Waals surface area (Å²) in [7, 11) is 6.03. The minimum Gasteiger partial charge on any atom is -0.298 e. The molecular weight excluding hydrogens is 255 g/mol. The monoisotopic (exact) mass is 268 g/mol. The first kappa shape index (κ1) is 13.4. The van der Waals surface area contributed by atoms with Crippen molar-refractivity contribution in [2.75, 3.05) is 0 Å². The van der Waals surface area contributed by atoms with Crippen LogP contribution in [0, 0.1) is 0 Å². The molecule has 0 aliphatic carbocycles. The maximum Gasteiger partial charge on any atom is 0.150 e. The van der Waals surface area contributed by atoms with Gasteiger partial charge in [0.05, 0.1) is 0 Å². The number of aldehydes is 1. The van der Waals surface area contributed by atoms with Gasteiger partial charge in [-0.05, 0) is 28.3 Å². The lowest BCUT2D eigenvalue weighted by atomic mass is 9.88. The molecule has 0 heterocycles. The Morgan fingerprint density at radius 3 is 1.81 bits per heavy atom. The van der Waals surface area contributed by atoms with E-state index in [0.717, 1.165) is 34.0 Å². The van der Waals surface area contributed by atoms with Crippen molar-refractivity contribution in [3.05, 3.63) is 78.4 Å². The molecule has 0 atom stereocenters. The van der Waals surface area contributed by atoms with E-state index in [9.17, 15) is 4.79 Å². The molecule has 0 aromatic heterocycles. The average molecular weight is 268 g/mol. The van der Waals surface area contributed by atoms with Gasteiger partial charge in [-0.25, -0.2) is 0 Å². The Labute approximate surface area is 125 Å². The molecule has 0 N–H and O–H groups in total. The summed E-state index contributed by atoms with van der Waals surface area (Å²) in [4.78, 5) is 10.7. The predicted molar refractivity (Wildman–Crippen MR) is 88.1 cm³/mol. The van der Waals surface area contributed by atoms with Gasteiger partial charge < -0.3 is 0 Å². The van der Waals surface area contributed by atoms with E-state index in [4.69, 9.17) is 7.85 Å². The third-order valence-corrected chi connectivity index (χ3v) is 3.44. The molecule has 21 heavy (non-hydrogen) atoms. The summed E-state index contributed by atoms with van der Waals surface area (Å²) in [5, 5.41) is 0. The first-order valence-electron chi connectivity index (χ1n) is 6.78. The van der Waals surface area contributed by atoms with E-state index >= 15 is 0 Å². The van der Waals surface area contributed by atoms with Crippen LogP contribution in [-0.2, 0) is 0 Å². The summed E-state index contributed by atoms with van der Waals surface area (Å²) < 4.78 is 0. The van der Waals surface area contributed by atoms with E-state index in [1.54, 1.807) is 0 Å². The van der Waals surface area contributed by atoms with Crippen molar-refractivity contribution in [1.82, 2.24) is 0 Å². The Bertz CT molecular complexity index is 761. The molecule has 0 saturated carbocycles. The van der Waals surface area contributed by atoms with Crippen LogP contribution >= 0.6 is 0 Å². The van der Waals surface area contributed by atoms with E-state index in [-0.39, 0.29) is 0 Å². The predicted octanol–water partition coefficient (Wildman–Crippen LogP) is 3.63.